The average molecular weight is 448 g/mol. The van der Waals surface area contributed by atoms with Crippen molar-refractivity contribution in [2.75, 3.05) is 0 Å². The molecule has 0 spiro atoms. The van der Waals surface area contributed by atoms with Crippen molar-refractivity contribution in [1.82, 2.24) is 30.2 Å². The topological polar surface area (TPSA) is 101 Å². The lowest BCUT2D eigenvalue weighted by molar-refractivity contribution is -0.144. The summed E-state index contributed by atoms with van der Waals surface area (Å²) >= 11 is 0. The van der Waals surface area contributed by atoms with Gasteiger partial charge >= 0.3 is 6.18 Å². The van der Waals surface area contributed by atoms with E-state index < -0.39 is 18.0 Å². The summed E-state index contributed by atoms with van der Waals surface area (Å²) in [5.74, 6) is -2.09. The van der Waals surface area contributed by atoms with Crippen molar-refractivity contribution < 1.29 is 22.8 Å². The van der Waals surface area contributed by atoms with E-state index >= 15 is 0 Å². The van der Waals surface area contributed by atoms with Crippen LogP contribution in [0.5, 0.6) is 0 Å². The number of alkyl halides is 3. The van der Waals surface area contributed by atoms with Crippen LogP contribution in [0, 0.1) is 13.8 Å². The Morgan fingerprint density at radius 2 is 1.81 bits per heavy atom. The summed E-state index contributed by atoms with van der Waals surface area (Å²) in [7, 11) is 0. The Kier molecular flexibility index (Phi) is 6.75. The number of hydrogen-bond acceptors (Lipinski definition) is 5. The second-order valence-corrected chi connectivity index (χ2v) is 7.40. The summed E-state index contributed by atoms with van der Waals surface area (Å²) in [6, 6.07) is 8.64. The van der Waals surface area contributed by atoms with E-state index in [1.165, 1.54) is 0 Å². The summed E-state index contributed by atoms with van der Waals surface area (Å²) in [5.41, 5.74) is 2.44. The Morgan fingerprint density at radius 3 is 2.47 bits per heavy atom. The molecule has 11 heteroatoms. The SMILES string of the molecule is Cc1nc2nc(C(F)(F)F)nn2c(C)c1CCC(=O)NC(C)C(=O)NCc1ccccc1. The molecule has 2 amide bonds. The summed E-state index contributed by atoms with van der Waals surface area (Å²) < 4.78 is 39.7. The third-order valence-electron chi connectivity index (χ3n) is 4.98. The van der Waals surface area contributed by atoms with Gasteiger partial charge in [0.05, 0.1) is 0 Å². The Bertz CT molecular complexity index is 1130. The molecular weight excluding hydrogens is 425 g/mol. The van der Waals surface area contributed by atoms with Crippen molar-refractivity contribution >= 4 is 17.6 Å². The standard InChI is InChI=1S/C21H23F3N6O2/c1-12-16(14(3)30-20(27-12)28-19(29-30)21(22,23)24)9-10-17(31)26-13(2)18(32)25-11-15-7-5-4-6-8-15/h4-8,13H,9-11H2,1-3H3,(H,25,32)(H,26,31). The largest absolute Gasteiger partial charge is 0.453 e. The molecule has 0 aliphatic rings. The first-order chi connectivity index (χ1) is 15.1. The van der Waals surface area contributed by atoms with Gasteiger partial charge in [0.15, 0.2) is 0 Å². The predicted molar refractivity (Wildman–Crippen MR) is 109 cm³/mol. The molecule has 32 heavy (non-hydrogen) atoms. The highest BCUT2D eigenvalue weighted by molar-refractivity contribution is 5.87. The van der Waals surface area contributed by atoms with Gasteiger partial charge in [-0.25, -0.2) is 9.50 Å². The molecule has 8 nitrogen and oxygen atoms in total. The smallest absolute Gasteiger partial charge is 0.350 e. The molecule has 0 aliphatic heterocycles. The van der Waals surface area contributed by atoms with Crippen LogP contribution in [-0.4, -0.2) is 37.4 Å². The van der Waals surface area contributed by atoms with Gasteiger partial charge in [-0.3, -0.25) is 9.59 Å². The van der Waals surface area contributed by atoms with Crippen LogP contribution >= 0.6 is 0 Å². The highest BCUT2D eigenvalue weighted by atomic mass is 19.4. The number of fused-ring (bicyclic) bond motifs is 1. The summed E-state index contributed by atoms with van der Waals surface area (Å²) in [4.78, 5) is 32.1. The van der Waals surface area contributed by atoms with Crippen molar-refractivity contribution in [3.8, 4) is 0 Å². The molecule has 3 rings (SSSR count). The first-order valence-electron chi connectivity index (χ1n) is 9.97. The van der Waals surface area contributed by atoms with E-state index in [9.17, 15) is 22.8 Å². The number of aromatic nitrogens is 4. The van der Waals surface area contributed by atoms with Gasteiger partial charge in [0.1, 0.15) is 6.04 Å². The molecule has 2 heterocycles. The zero-order chi connectivity index (χ0) is 23.5. The van der Waals surface area contributed by atoms with Gasteiger partial charge in [-0.1, -0.05) is 30.3 Å². The third kappa shape index (κ3) is 5.40. The normalized spacial score (nSPS) is 12.6. The molecule has 1 aromatic carbocycles. The Morgan fingerprint density at radius 1 is 1.12 bits per heavy atom. The molecule has 0 saturated heterocycles. The molecule has 0 radical (unpaired) electrons. The minimum atomic E-state index is -4.68. The van der Waals surface area contributed by atoms with Gasteiger partial charge in [0.25, 0.3) is 11.6 Å². The van der Waals surface area contributed by atoms with Crippen LogP contribution in [-0.2, 0) is 28.7 Å². The van der Waals surface area contributed by atoms with Crippen LogP contribution in [0.4, 0.5) is 13.2 Å². The van der Waals surface area contributed by atoms with Crippen LogP contribution in [0.2, 0.25) is 0 Å². The van der Waals surface area contributed by atoms with Crippen LogP contribution in [0.1, 0.15) is 41.7 Å². The third-order valence-corrected chi connectivity index (χ3v) is 4.98. The zero-order valence-corrected chi connectivity index (χ0v) is 17.8. The average Bonchev–Trinajstić information content (AvgIpc) is 3.17. The van der Waals surface area contributed by atoms with Crippen LogP contribution < -0.4 is 10.6 Å². The van der Waals surface area contributed by atoms with E-state index in [-0.39, 0.29) is 30.4 Å². The molecule has 170 valence electrons. The lowest BCUT2D eigenvalue weighted by atomic mass is 10.1. The van der Waals surface area contributed by atoms with Gasteiger partial charge in [-0.2, -0.15) is 18.2 Å². The maximum atomic E-state index is 12.9. The van der Waals surface area contributed by atoms with Gasteiger partial charge in [-0.05, 0) is 38.3 Å². The Labute approximate surface area is 182 Å². The summed E-state index contributed by atoms with van der Waals surface area (Å²) in [6.45, 7) is 5.17. The second-order valence-electron chi connectivity index (χ2n) is 7.40. The fourth-order valence-electron chi connectivity index (χ4n) is 3.25. The molecule has 1 atom stereocenters. The first kappa shape index (κ1) is 23.2. The lowest BCUT2D eigenvalue weighted by Crippen LogP contribution is -2.44. The molecule has 2 N–H and O–H groups in total. The number of nitrogens with zero attached hydrogens (tertiary/aromatic N) is 4. The molecule has 1 unspecified atom stereocenters. The van der Waals surface area contributed by atoms with Crippen LogP contribution in [0.15, 0.2) is 30.3 Å². The van der Waals surface area contributed by atoms with E-state index in [1.807, 2.05) is 30.3 Å². The summed E-state index contributed by atoms with van der Waals surface area (Å²) in [5, 5.41) is 8.88. The first-order valence-corrected chi connectivity index (χ1v) is 9.97. The van der Waals surface area contributed by atoms with Gasteiger partial charge < -0.3 is 10.6 Å². The van der Waals surface area contributed by atoms with Crippen LogP contribution in [0.25, 0.3) is 5.78 Å². The fraction of sp³-hybridized carbons (Fsp3) is 0.381. The molecular formula is C21H23F3N6O2. The number of halogens is 3. The van der Waals surface area contributed by atoms with E-state index in [2.05, 4.69) is 25.7 Å². The minimum absolute atomic E-state index is 0.0337. The Balaban J connectivity index is 1.59. The zero-order valence-electron chi connectivity index (χ0n) is 17.8. The molecule has 2 aromatic heterocycles. The predicted octanol–water partition coefficient (Wildman–Crippen LogP) is 2.51. The maximum Gasteiger partial charge on any atom is 0.453 e. The fourth-order valence-corrected chi connectivity index (χ4v) is 3.25. The van der Waals surface area contributed by atoms with Gasteiger partial charge in [0.2, 0.25) is 11.8 Å². The number of benzene rings is 1. The lowest BCUT2D eigenvalue weighted by Gasteiger charge is -2.15. The van der Waals surface area contributed by atoms with E-state index in [4.69, 9.17) is 0 Å². The van der Waals surface area contributed by atoms with E-state index in [0.29, 0.717) is 23.5 Å². The maximum absolute atomic E-state index is 12.9. The Hall–Kier alpha value is -3.50. The highest BCUT2D eigenvalue weighted by Crippen LogP contribution is 2.27. The quantitative estimate of drug-likeness (QED) is 0.579. The molecule has 3 aromatic rings. The van der Waals surface area contributed by atoms with E-state index in [0.717, 1.165) is 10.1 Å². The van der Waals surface area contributed by atoms with Crippen molar-refractivity contribution in [2.45, 2.75) is 52.4 Å². The van der Waals surface area contributed by atoms with Crippen LogP contribution in [0.3, 0.4) is 0 Å². The minimum Gasteiger partial charge on any atom is -0.350 e. The van der Waals surface area contributed by atoms with Gasteiger partial charge in [-0.15, -0.1) is 5.10 Å². The van der Waals surface area contributed by atoms with E-state index in [1.54, 1.807) is 20.8 Å². The molecule has 0 saturated carbocycles. The number of amides is 2. The van der Waals surface area contributed by atoms with Crippen molar-refractivity contribution in [3.63, 3.8) is 0 Å². The van der Waals surface area contributed by atoms with Crippen molar-refractivity contribution in [2.24, 2.45) is 0 Å². The van der Waals surface area contributed by atoms with Gasteiger partial charge in [0, 0.05) is 24.4 Å². The number of hydrogen-bond donors (Lipinski definition) is 2. The van der Waals surface area contributed by atoms with Crippen molar-refractivity contribution in [3.05, 3.63) is 58.7 Å². The molecule has 0 bridgehead atoms. The molecule has 0 aliphatic carbocycles. The number of nitrogens with one attached hydrogen (secondary N) is 2. The number of carbonyl (C=O) groups is 2. The number of carbonyl (C=O) groups excluding carboxylic acids is 2. The monoisotopic (exact) mass is 448 g/mol. The highest BCUT2D eigenvalue weighted by Gasteiger charge is 2.37. The summed E-state index contributed by atoms with van der Waals surface area (Å²) in [6.07, 6.45) is -4.41. The van der Waals surface area contributed by atoms with Crippen molar-refractivity contribution in [1.29, 1.82) is 0 Å². The second kappa shape index (κ2) is 9.33. The number of aryl methyl sites for hydroxylation is 2. The number of rotatable bonds is 7. The molecule has 0 fully saturated rings.